The van der Waals surface area contributed by atoms with Gasteiger partial charge in [0.2, 0.25) is 5.91 Å². The van der Waals surface area contributed by atoms with Crippen LogP contribution < -0.4 is 5.32 Å². The van der Waals surface area contributed by atoms with Gasteiger partial charge in [-0.25, -0.2) is 4.79 Å². The van der Waals surface area contributed by atoms with E-state index in [-0.39, 0.29) is 29.4 Å². The first-order valence-corrected chi connectivity index (χ1v) is 13.4. The number of terminal acetylenes is 1. The van der Waals surface area contributed by atoms with Gasteiger partial charge in [-0.15, -0.1) is 6.42 Å². The Morgan fingerprint density at radius 1 is 0.974 bits per heavy atom. The van der Waals surface area contributed by atoms with Crippen LogP contribution in [0.1, 0.15) is 22.8 Å². The van der Waals surface area contributed by atoms with Crippen molar-refractivity contribution in [2.75, 3.05) is 5.75 Å². The summed E-state index contributed by atoms with van der Waals surface area (Å²) in [6.45, 7) is 0. The minimum atomic E-state index is -1.61. The molecular formula is C30H24N2O5S. The molecule has 2 amide bonds. The molecular weight excluding hydrogens is 500 g/mol. The van der Waals surface area contributed by atoms with Crippen LogP contribution >= 0.6 is 0 Å². The maximum atomic E-state index is 13.6. The van der Waals surface area contributed by atoms with Crippen molar-refractivity contribution in [2.24, 2.45) is 0 Å². The fourth-order valence-electron chi connectivity index (χ4n) is 4.63. The molecule has 5 rings (SSSR count). The highest BCUT2D eigenvalue weighted by Gasteiger charge is 2.57. The number of β-lactam (4-membered cyclic amide) rings is 1. The van der Waals surface area contributed by atoms with Crippen LogP contribution in [0, 0.1) is 12.3 Å². The minimum Gasteiger partial charge on any atom is -0.448 e. The molecule has 3 aromatic carbocycles. The van der Waals surface area contributed by atoms with Crippen LogP contribution in [0.4, 0.5) is 0 Å². The summed E-state index contributed by atoms with van der Waals surface area (Å²) in [6, 6.07) is 26.5. The van der Waals surface area contributed by atoms with Crippen molar-refractivity contribution in [1.29, 1.82) is 0 Å². The van der Waals surface area contributed by atoms with E-state index in [1.165, 1.54) is 0 Å². The van der Waals surface area contributed by atoms with Gasteiger partial charge in [0.05, 0.1) is 23.0 Å². The molecule has 0 saturated carbocycles. The molecule has 2 heterocycles. The van der Waals surface area contributed by atoms with E-state index in [0.717, 1.165) is 21.6 Å². The Bertz CT molecular complexity index is 1430. The number of carbonyl (C=O) groups is 3. The zero-order valence-electron chi connectivity index (χ0n) is 20.3. The Kier molecular flexibility index (Phi) is 7.20. The molecule has 8 heteroatoms. The van der Waals surface area contributed by atoms with Crippen LogP contribution in [0.3, 0.4) is 0 Å². The molecule has 0 aromatic heterocycles. The van der Waals surface area contributed by atoms with Crippen molar-refractivity contribution in [3.8, 4) is 12.3 Å². The molecule has 0 radical (unpaired) electrons. The fraction of sp³-hybridized carbons (Fsp3) is 0.167. The van der Waals surface area contributed by atoms with E-state index in [2.05, 4.69) is 11.2 Å². The second kappa shape index (κ2) is 10.9. The van der Waals surface area contributed by atoms with Crippen LogP contribution in [-0.2, 0) is 36.3 Å². The number of hydrogen-bond donors (Lipinski definition) is 1. The molecule has 3 atom stereocenters. The molecule has 38 heavy (non-hydrogen) atoms. The van der Waals surface area contributed by atoms with Crippen molar-refractivity contribution >= 4 is 28.6 Å². The van der Waals surface area contributed by atoms with E-state index < -0.39 is 40.2 Å². The van der Waals surface area contributed by atoms with Gasteiger partial charge in [0.15, 0.2) is 6.10 Å². The second-order valence-electron chi connectivity index (χ2n) is 8.91. The molecule has 2 aliphatic rings. The summed E-state index contributed by atoms with van der Waals surface area (Å²) in [5, 5.41) is 1.77. The average molecular weight is 525 g/mol. The third-order valence-electron chi connectivity index (χ3n) is 6.45. The highest BCUT2D eigenvalue weighted by molar-refractivity contribution is 7.86. The van der Waals surface area contributed by atoms with E-state index in [1.807, 2.05) is 78.9 Å². The quantitative estimate of drug-likeness (QED) is 0.292. The van der Waals surface area contributed by atoms with Crippen LogP contribution in [0.15, 0.2) is 102 Å². The van der Waals surface area contributed by atoms with Gasteiger partial charge >= 0.3 is 5.97 Å². The average Bonchev–Trinajstić information content (AvgIpc) is 2.95. The summed E-state index contributed by atoms with van der Waals surface area (Å²) in [5.74, 6) is 0.594. The number of ether oxygens (including phenoxy) is 1. The maximum Gasteiger partial charge on any atom is 0.357 e. The summed E-state index contributed by atoms with van der Waals surface area (Å²) in [5.41, 5.74) is 2.29. The van der Waals surface area contributed by atoms with Gasteiger partial charge in [0, 0.05) is 5.57 Å². The maximum absolute atomic E-state index is 13.6. The molecule has 0 spiro atoms. The molecule has 1 fully saturated rings. The molecule has 0 bridgehead atoms. The lowest BCUT2D eigenvalue weighted by Crippen LogP contribution is -2.73. The monoisotopic (exact) mass is 524 g/mol. The molecule has 0 aliphatic carbocycles. The zero-order valence-corrected chi connectivity index (χ0v) is 21.1. The number of hydrogen-bond acceptors (Lipinski definition) is 5. The Morgan fingerprint density at radius 2 is 1.53 bits per heavy atom. The van der Waals surface area contributed by atoms with Crippen LogP contribution in [0.2, 0.25) is 0 Å². The molecule has 190 valence electrons. The number of nitrogens with one attached hydrogen (secondary N) is 1. The number of nitrogens with zero attached hydrogens (tertiary/aromatic N) is 1. The Balaban J connectivity index is 1.39. The van der Waals surface area contributed by atoms with Crippen molar-refractivity contribution in [3.63, 3.8) is 0 Å². The summed E-state index contributed by atoms with van der Waals surface area (Å²) in [7, 11) is -1.61. The Hall–Kier alpha value is -4.48. The van der Waals surface area contributed by atoms with Gasteiger partial charge in [0.25, 0.3) is 5.91 Å². The highest BCUT2D eigenvalue weighted by Crippen LogP contribution is 2.37. The minimum absolute atomic E-state index is 0.0696. The smallest absolute Gasteiger partial charge is 0.357 e. The third kappa shape index (κ3) is 4.89. The standard InChI is InChI=1S/C30H24N2O5S/c1-2-21-19-38(36)29-25(31-24(33)18-20-12-6-3-7-13-20)28(34)32(29)26(21)30(35)37-27(22-14-8-4-9-15-22)23-16-10-5-11-17-23/h1,3-17,25,27,29H,18-19H2,(H,31,33)/t25?,29-,38?/m1/s1. The van der Waals surface area contributed by atoms with E-state index in [0.29, 0.717) is 0 Å². The predicted molar refractivity (Wildman–Crippen MR) is 142 cm³/mol. The topological polar surface area (TPSA) is 92.8 Å². The van der Waals surface area contributed by atoms with Crippen molar-refractivity contribution in [3.05, 3.63) is 119 Å². The molecule has 2 aliphatic heterocycles. The first-order chi connectivity index (χ1) is 18.5. The van der Waals surface area contributed by atoms with Gasteiger partial charge in [-0.3, -0.25) is 18.7 Å². The largest absolute Gasteiger partial charge is 0.448 e. The lowest BCUT2D eigenvalue weighted by molar-refractivity contribution is -0.154. The number of carbonyl (C=O) groups excluding carboxylic acids is 3. The molecule has 1 N–H and O–H groups in total. The number of fused-ring (bicyclic) bond motifs is 1. The summed E-state index contributed by atoms with van der Waals surface area (Å²) >= 11 is 0. The summed E-state index contributed by atoms with van der Waals surface area (Å²) in [6.07, 6.45) is 4.99. The molecule has 2 unspecified atom stereocenters. The van der Waals surface area contributed by atoms with Crippen LogP contribution in [-0.4, -0.2) is 44.1 Å². The van der Waals surface area contributed by atoms with Gasteiger partial charge in [-0.2, -0.15) is 0 Å². The number of amides is 2. The molecule has 3 aromatic rings. The van der Waals surface area contributed by atoms with Crippen molar-refractivity contribution < 1.29 is 23.3 Å². The molecule has 7 nitrogen and oxygen atoms in total. The highest BCUT2D eigenvalue weighted by atomic mass is 32.2. The fourth-order valence-corrected chi connectivity index (χ4v) is 6.24. The number of rotatable bonds is 7. The van der Waals surface area contributed by atoms with E-state index >= 15 is 0 Å². The van der Waals surface area contributed by atoms with Gasteiger partial charge in [0.1, 0.15) is 17.1 Å². The van der Waals surface area contributed by atoms with Gasteiger partial charge in [-0.1, -0.05) is 96.9 Å². The summed E-state index contributed by atoms with van der Waals surface area (Å²) < 4.78 is 19.0. The van der Waals surface area contributed by atoms with E-state index in [1.54, 1.807) is 12.1 Å². The first kappa shape index (κ1) is 25.2. The Labute approximate surface area is 223 Å². The lowest BCUT2D eigenvalue weighted by atomic mass is 10.0. The Morgan fingerprint density at radius 3 is 2.08 bits per heavy atom. The van der Waals surface area contributed by atoms with Crippen molar-refractivity contribution in [2.45, 2.75) is 23.9 Å². The van der Waals surface area contributed by atoms with E-state index in [9.17, 15) is 18.6 Å². The first-order valence-electron chi connectivity index (χ1n) is 12.0. The number of benzene rings is 3. The van der Waals surface area contributed by atoms with Crippen LogP contribution in [0.5, 0.6) is 0 Å². The SMILES string of the molecule is C#CC1=C(C(=O)OC(c2ccccc2)c2ccccc2)N2C(=O)C(NC(=O)Cc3ccccc3)[C@H]2S(=O)C1. The van der Waals surface area contributed by atoms with Gasteiger partial charge < -0.3 is 10.1 Å². The second-order valence-corrected chi connectivity index (χ2v) is 10.4. The van der Waals surface area contributed by atoms with E-state index in [4.69, 9.17) is 11.2 Å². The van der Waals surface area contributed by atoms with Crippen LogP contribution in [0.25, 0.3) is 0 Å². The number of esters is 1. The predicted octanol–water partition coefficient (Wildman–Crippen LogP) is 2.86. The third-order valence-corrected chi connectivity index (χ3v) is 8.04. The normalized spacial score (nSPS) is 20.3. The molecule has 1 saturated heterocycles. The summed E-state index contributed by atoms with van der Waals surface area (Å²) in [4.78, 5) is 40.5. The van der Waals surface area contributed by atoms with Gasteiger partial charge in [-0.05, 0) is 16.7 Å². The lowest BCUT2D eigenvalue weighted by Gasteiger charge is -2.48. The van der Waals surface area contributed by atoms with Crippen molar-refractivity contribution in [1.82, 2.24) is 10.2 Å². The zero-order chi connectivity index (χ0) is 26.6.